The minimum Gasteiger partial charge on any atom is -0.0988 e. The molecular weight excluding hydrogens is 204 g/mol. The second-order valence-electron chi connectivity index (χ2n) is 4.45. The van der Waals surface area contributed by atoms with Gasteiger partial charge in [0, 0.05) is 0 Å². The molecule has 0 bridgehead atoms. The summed E-state index contributed by atoms with van der Waals surface area (Å²) in [5.41, 5.74) is 7.71. The summed E-state index contributed by atoms with van der Waals surface area (Å²) in [6.45, 7) is 16.4. The number of hydrogen-bond acceptors (Lipinski definition) is 0. The van der Waals surface area contributed by atoms with Gasteiger partial charge < -0.3 is 0 Å². The predicted octanol–water partition coefficient (Wildman–Crippen LogP) is 5.01. The van der Waals surface area contributed by atoms with Crippen molar-refractivity contribution in [2.24, 2.45) is 0 Å². The van der Waals surface area contributed by atoms with Crippen LogP contribution < -0.4 is 0 Å². The minimum atomic E-state index is 1.07. The lowest BCUT2D eigenvalue weighted by molar-refractivity contribution is 1.10. The molecule has 0 aromatic heterocycles. The molecule has 0 fully saturated rings. The van der Waals surface area contributed by atoms with Gasteiger partial charge in [0.1, 0.15) is 0 Å². The van der Waals surface area contributed by atoms with Crippen molar-refractivity contribution >= 4 is 5.57 Å². The maximum absolute atomic E-state index is 3.92. The monoisotopic (exact) mass is 226 g/mol. The highest BCUT2D eigenvalue weighted by molar-refractivity contribution is 5.79. The quantitative estimate of drug-likeness (QED) is 0.633. The molecule has 1 aromatic rings. The molecule has 0 atom stereocenters. The summed E-state index contributed by atoms with van der Waals surface area (Å²) < 4.78 is 0. The van der Waals surface area contributed by atoms with E-state index in [1.54, 1.807) is 0 Å². The van der Waals surface area contributed by atoms with Crippen LogP contribution in [0.2, 0.25) is 0 Å². The first-order chi connectivity index (χ1) is 8.04. The first kappa shape index (κ1) is 13.5. The van der Waals surface area contributed by atoms with Gasteiger partial charge in [0.05, 0.1) is 0 Å². The van der Waals surface area contributed by atoms with Gasteiger partial charge in [0.2, 0.25) is 0 Å². The lowest BCUT2D eigenvalue weighted by atomic mass is 9.91. The van der Waals surface area contributed by atoms with Crippen molar-refractivity contribution in [3.05, 3.63) is 65.3 Å². The average Bonchev–Trinajstić information content (AvgIpc) is 2.32. The lowest BCUT2D eigenvalue weighted by Crippen LogP contribution is -1.95. The SMILES string of the molecule is C=C/C(C)=C(\C=C)c1cc(CC)c(C)cc1C. The third-order valence-corrected chi connectivity index (χ3v) is 3.29. The van der Waals surface area contributed by atoms with Gasteiger partial charge in [-0.25, -0.2) is 0 Å². The normalized spacial score (nSPS) is 12.0. The predicted molar refractivity (Wildman–Crippen MR) is 78.3 cm³/mol. The number of rotatable bonds is 4. The van der Waals surface area contributed by atoms with Crippen LogP contribution in [-0.2, 0) is 6.42 Å². The maximum Gasteiger partial charge on any atom is -0.0149 e. The highest BCUT2D eigenvalue weighted by Gasteiger charge is 2.07. The van der Waals surface area contributed by atoms with E-state index in [9.17, 15) is 0 Å². The molecule has 0 aliphatic heterocycles. The van der Waals surface area contributed by atoms with Crippen LogP contribution in [0.5, 0.6) is 0 Å². The highest BCUT2D eigenvalue weighted by Crippen LogP contribution is 2.26. The van der Waals surface area contributed by atoms with Crippen LogP contribution in [0.25, 0.3) is 5.57 Å². The Balaban J connectivity index is 3.50. The molecule has 0 spiro atoms. The van der Waals surface area contributed by atoms with Crippen LogP contribution in [0.4, 0.5) is 0 Å². The van der Waals surface area contributed by atoms with Crippen LogP contribution in [0, 0.1) is 13.8 Å². The van der Waals surface area contributed by atoms with Crippen molar-refractivity contribution in [3.63, 3.8) is 0 Å². The van der Waals surface area contributed by atoms with Crippen LogP contribution in [0.1, 0.15) is 36.1 Å². The molecule has 17 heavy (non-hydrogen) atoms. The highest BCUT2D eigenvalue weighted by atomic mass is 14.1. The van der Waals surface area contributed by atoms with E-state index >= 15 is 0 Å². The molecule has 0 amide bonds. The van der Waals surface area contributed by atoms with Crippen molar-refractivity contribution in [2.45, 2.75) is 34.1 Å². The molecule has 0 aliphatic rings. The second-order valence-corrected chi connectivity index (χ2v) is 4.45. The summed E-state index contributed by atoms with van der Waals surface area (Å²) in [6.07, 6.45) is 4.88. The summed E-state index contributed by atoms with van der Waals surface area (Å²) in [6, 6.07) is 4.54. The Labute approximate surface area is 105 Å². The standard InChI is InChI=1S/C17H22/c1-7-12(4)16(9-3)17-11-15(8-2)13(5)10-14(17)6/h7,9-11H,1,3,8H2,2,4-6H3/b16-12+. The largest absolute Gasteiger partial charge is 0.0988 e. The molecule has 0 heterocycles. The summed E-state index contributed by atoms with van der Waals surface area (Å²) in [5, 5.41) is 0. The van der Waals surface area contributed by atoms with Crippen molar-refractivity contribution in [2.75, 3.05) is 0 Å². The fourth-order valence-electron chi connectivity index (χ4n) is 2.16. The van der Waals surface area contributed by atoms with E-state index in [-0.39, 0.29) is 0 Å². The van der Waals surface area contributed by atoms with Crippen molar-refractivity contribution in [1.82, 2.24) is 0 Å². The minimum absolute atomic E-state index is 1.07. The molecule has 0 nitrogen and oxygen atoms in total. The van der Waals surface area contributed by atoms with Gasteiger partial charge in [-0.3, -0.25) is 0 Å². The zero-order valence-corrected chi connectivity index (χ0v) is 11.4. The second kappa shape index (κ2) is 5.67. The zero-order valence-electron chi connectivity index (χ0n) is 11.4. The average molecular weight is 226 g/mol. The van der Waals surface area contributed by atoms with Crippen molar-refractivity contribution in [3.8, 4) is 0 Å². The first-order valence-electron chi connectivity index (χ1n) is 6.11. The molecule has 0 unspecified atom stereocenters. The summed E-state index contributed by atoms with van der Waals surface area (Å²) in [4.78, 5) is 0. The Kier molecular flexibility index (Phi) is 4.51. The number of hydrogen-bond donors (Lipinski definition) is 0. The van der Waals surface area contributed by atoms with Crippen molar-refractivity contribution in [1.29, 1.82) is 0 Å². The van der Waals surface area contributed by atoms with Gasteiger partial charge in [0.25, 0.3) is 0 Å². The van der Waals surface area contributed by atoms with Gasteiger partial charge in [-0.2, -0.15) is 0 Å². The molecule has 90 valence electrons. The molecule has 0 radical (unpaired) electrons. The Hall–Kier alpha value is -1.56. The topological polar surface area (TPSA) is 0 Å². The van der Waals surface area contributed by atoms with Gasteiger partial charge >= 0.3 is 0 Å². The van der Waals surface area contributed by atoms with E-state index in [0.29, 0.717) is 0 Å². The molecule has 0 saturated carbocycles. The number of aryl methyl sites for hydroxylation is 3. The zero-order chi connectivity index (χ0) is 13.0. The first-order valence-corrected chi connectivity index (χ1v) is 6.11. The fourth-order valence-corrected chi connectivity index (χ4v) is 2.16. The van der Waals surface area contributed by atoms with E-state index in [4.69, 9.17) is 0 Å². The van der Waals surface area contributed by atoms with Crippen LogP contribution in [-0.4, -0.2) is 0 Å². The van der Waals surface area contributed by atoms with Gasteiger partial charge in [-0.05, 0) is 60.6 Å². The van der Waals surface area contributed by atoms with Gasteiger partial charge in [0.15, 0.2) is 0 Å². The molecule has 0 saturated heterocycles. The Bertz CT molecular complexity index is 473. The molecule has 1 aromatic carbocycles. The van der Waals surface area contributed by atoms with Gasteiger partial charge in [-0.15, -0.1) is 0 Å². The van der Waals surface area contributed by atoms with E-state index < -0.39 is 0 Å². The van der Waals surface area contributed by atoms with Crippen molar-refractivity contribution < 1.29 is 0 Å². The van der Waals surface area contributed by atoms with Crippen LogP contribution >= 0.6 is 0 Å². The van der Waals surface area contributed by atoms with E-state index in [1.807, 2.05) is 12.2 Å². The summed E-state index contributed by atoms with van der Waals surface area (Å²) in [7, 11) is 0. The van der Waals surface area contributed by atoms with E-state index in [1.165, 1.54) is 33.4 Å². The van der Waals surface area contributed by atoms with Gasteiger partial charge in [-0.1, -0.05) is 44.4 Å². The molecule has 1 rings (SSSR count). The summed E-state index contributed by atoms with van der Waals surface area (Å²) >= 11 is 0. The van der Waals surface area contributed by atoms with E-state index in [2.05, 4.69) is 53.0 Å². The molecule has 0 heteroatoms. The molecule has 0 N–H and O–H groups in total. The van der Waals surface area contributed by atoms with Crippen LogP contribution in [0.15, 0.2) is 43.0 Å². The smallest absolute Gasteiger partial charge is 0.0149 e. The van der Waals surface area contributed by atoms with E-state index in [0.717, 1.165) is 6.42 Å². The summed E-state index contributed by atoms with van der Waals surface area (Å²) in [5.74, 6) is 0. The molecular formula is C17H22. The number of allylic oxidation sites excluding steroid dienone is 4. The number of benzene rings is 1. The Morgan fingerprint density at radius 3 is 2.24 bits per heavy atom. The Morgan fingerprint density at radius 1 is 1.12 bits per heavy atom. The lowest BCUT2D eigenvalue weighted by Gasteiger charge is -2.13. The fraction of sp³-hybridized carbons (Fsp3) is 0.294. The Morgan fingerprint density at radius 2 is 1.76 bits per heavy atom. The third kappa shape index (κ3) is 2.76. The third-order valence-electron chi connectivity index (χ3n) is 3.29. The maximum atomic E-state index is 3.92. The van der Waals surface area contributed by atoms with Crippen LogP contribution in [0.3, 0.4) is 0 Å². The molecule has 0 aliphatic carbocycles.